The van der Waals surface area contributed by atoms with Gasteiger partial charge >= 0.3 is 17.9 Å². The van der Waals surface area contributed by atoms with Crippen LogP contribution in [0.4, 0.5) is 0 Å². The predicted molar refractivity (Wildman–Crippen MR) is 158 cm³/mol. The molecule has 1 fully saturated rings. The van der Waals surface area contributed by atoms with Crippen LogP contribution in [0.25, 0.3) is 0 Å². The third-order valence-electron chi connectivity index (χ3n) is 6.70. The Morgan fingerprint density at radius 2 is 0.711 bits per heavy atom. The quantitative estimate of drug-likeness (QED) is 0.241. The van der Waals surface area contributed by atoms with Crippen molar-refractivity contribution in [3.05, 3.63) is 108 Å². The van der Waals surface area contributed by atoms with Crippen molar-refractivity contribution < 1.29 is 43.0 Å². The molecule has 0 unspecified atom stereocenters. The van der Waals surface area contributed by atoms with Gasteiger partial charge in [0.05, 0.1) is 19.3 Å². The summed E-state index contributed by atoms with van der Waals surface area (Å²) in [7, 11) is 0. The van der Waals surface area contributed by atoms with Gasteiger partial charge in [-0.2, -0.15) is 0 Å². The van der Waals surface area contributed by atoms with Crippen LogP contribution in [0.2, 0.25) is 0 Å². The summed E-state index contributed by atoms with van der Waals surface area (Å²) in [6.45, 7) is -0.355. The number of amides is 3. The molecular weight excluding hydrogens is 582 g/mol. The van der Waals surface area contributed by atoms with Gasteiger partial charge in [-0.3, -0.25) is 14.4 Å². The van der Waals surface area contributed by atoms with E-state index in [1.165, 1.54) is 0 Å². The molecule has 45 heavy (non-hydrogen) atoms. The van der Waals surface area contributed by atoms with Gasteiger partial charge < -0.3 is 30.2 Å². The minimum absolute atomic E-state index is 0.118. The minimum atomic E-state index is -1.46. The summed E-state index contributed by atoms with van der Waals surface area (Å²) < 4.78 is 16.0. The Kier molecular flexibility index (Phi) is 11.8. The second-order valence-electron chi connectivity index (χ2n) is 10.3. The normalized spacial score (nSPS) is 18.9. The summed E-state index contributed by atoms with van der Waals surface area (Å²) >= 11 is 0. The highest BCUT2D eigenvalue weighted by molar-refractivity contribution is 5.96. The second-order valence-corrected chi connectivity index (χ2v) is 10.3. The SMILES string of the molecule is O=C1C[C@H](C(=O)OCc2ccccc2)NC(=O)C[C@@H](C(=O)OCc2ccccc2)NC(=O)C[C@@H](C(=O)OCc2ccccc2)N1. The zero-order chi connectivity index (χ0) is 32.0. The second kappa shape index (κ2) is 16.4. The number of esters is 3. The molecule has 1 heterocycles. The lowest BCUT2D eigenvalue weighted by atomic mass is 10.1. The average molecular weight is 616 g/mol. The molecular formula is C33H33N3O9. The highest BCUT2D eigenvalue weighted by atomic mass is 16.5. The van der Waals surface area contributed by atoms with Gasteiger partial charge in [-0.15, -0.1) is 0 Å². The fraction of sp³-hybridized carbons (Fsp3) is 0.273. The Labute approximate surface area is 259 Å². The fourth-order valence-corrected chi connectivity index (χ4v) is 4.38. The van der Waals surface area contributed by atoms with Crippen molar-refractivity contribution in [2.75, 3.05) is 0 Å². The van der Waals surface area contributed by atoms with Crippen LogP contribution in [0, 0.1) is 0 Å². The Morgan fingerprint density at radius 3 is 0.956 bits per heavy atom. The first-order valence-electron chi connectivity index (χ1n) is 14.3. The van der Waals surface area contributed by atoms with E-state index in [-0.39, 0.29) is 19.8 Å². The largest absolute Gasteiger partial charge is 0.459 e. The molecule has 1 aliphatic rings. The van der Waals surface area contributed by atoms with Crippen molar-refractivity contribution in [3.8, 4) is 0 Å². The van der Waals surface area contributed by atoms with Gasteiger partial charge in [0.15, 0.2) is 0 Å². The van der Waals surface area contributed by atoms with Gasteiger partial charge in [0, 0.05) is 0 Å². The first-order chi connectivity index (χ1) is 21.8. The molecule has 0 radical (unpaired) electrons. The minimum Gasteiger partial charge on any atom is -0.459 e. The summed E-state index contributed by atoms with van der Waals surface area (Å²) in [6, 6.07) is 22.0. The van der Waals surface area contributed by atoms with Crippen LogP contribution in [-0.4, -0.2) is 53.8 Å². The molecule has 3 aromatic carbocycles. The molecule has 4 rings (SSSR count). The lowest BCUT2D eigenvalue weighted by Gasteiger charge is -2.24. The number of rotatable bonds is 9. The van der Waals surface area contributed by atoms with Crippen molar-refractivity contribution in [2.24, 2.45) is 0 Å². The Hall–Kier alpha value is -5.52. The van der Waals surface area contributed by atoms with Crippen LogP contribution in [0.3, 0.4) is 0 Å². The molecule has 0 aromatic heterocycles. The maximum absolute atomic E-state index is 13.0. The monoisotopic (exact) mass is 615 g/mol. The van der Waals surface area contributed by atoms with E-state index in [2.05, 4.69) is 16.0 Å². The number of carbonyl (C=O) groups is 6. The fourth-order valence-electron chi connectivity index (χ4n) is 4.38. The number of carbonyl (C=O) groups excluding carboxylic acids is 6. The molecule has 1 saturated heterocycles. The number of ether oxygens (including phenoxy) is 3. The van der Waals surface area contributed by atoms with Crippen LogP contribution in [0.5, 0.6) is 0 Å². The first-order valence-corrected chi connectivity index (χ1v) is 14.3. The Bertz CT molecular complexity index is 1280. The van der Waals surface area contributed by atoms with Crippen LogP contribution >= 0.6 is 0 Å². The van der Waals surface area contributed by atoms with E-state index in [1.807, 2.05) is 0 Å². The zero-order valence-electron chi connectivity index (χ0n) is 24.3. The molecule has 1 aliphatic heterocycles. The maximum atomic E-state index is 13.0. The lowest BCUT2D eigenvalue weighted by molar-refractivity contribution is -0.154. The highest BCUT2D eigenvalue weighted by Crippen LogP contribution is 2.10. The molecule has 12 heteroatoms. The molecule has 3 amide bonds. The van der Waals surface area contributed by atoms with Crippen LogP contribution in [0.1, 0.15) is 36.0 Å². The standard InChI is InChI=1S/C33H33N3O9/c37-28-16-25(31(40)43-19-22-10-4-1-5-11-22)34-29(38)17-26(32(41)44-20-23-12-6-2-7-13-23)36-30(39)18-27(35-28)33(42)45-21-24-14-8-3-9-15-24/h1-15,25-27H,16-21H2,(H,34,38)(H,35,37)(H,36,39)/t25-,26-,27+/m0/s1. The van der Waals surface area contributed by atoms with Gasteiger partial charge in [0.1, 0.15) is 37.9 Å². The highest BCUT2D eigenvalue weighted by Gasteiger charge is 2.34. The first kappa shape index (κ1) is 32.4. The third kappa shape index (κ3) is 10.6. The topological polar surface area (TPSA) is 166 Å². The van der Waals surface area contributed by atoms with E-state index < -0.39 is 73.0 Å². The van der Waals surface area contributed by atoms with Gasteiger partial charge in [0.25, 0.3) is 0 Å². The molecule has 0 bridgehead atoms. The van der Waals surface area contributed by atoms with Crippen LogP contribution < -0.4 is 16.0 Å². The summed E-state index contributed by atoms with van der Waals surface area (Å²) in [5.41, 5.74) is 2.04. The third-order valence-corrected chi connectivity index (χ3v) is 6.70. The zero-order valence-corrected chi connectivity index (χ0v) is 24.3. The van der Waals surface area contributed by atoms with E-state index >= 15 is 0 Å². The molecule has 3 N–H and O–H groups in total. The lowest BCUT2D eigenvalue weighted by Crippen LogP contribution is -2.53. The Balaban J connectivity index is 1.51. The van der Waals surface area contributed by atoms with Gasteiger partial charge in [-0.25, -0.2) is 14.4 Å². The van der Waals surface area contributed by atoms with Gasteiger partial charge in [-0.1, -0.05) is 91.0 Å². The predicted octanol–water partition coefficient (Wildman–Crippen LogP) is 1.85. The van der Waals surface area contributed by atoms with Crippen LogP contribution in [0.15, 0.2) is 91.0 Å². The molecule has 0 saturated carbocycles. The number of benzene rings is 3. The maximum Gasteiger partial charge on any atom is 0.329 e. The summed E-state index contributed by atoms with van der Waals surface area (Å²) in [6.07, 6.45) is -1.81. The summed E-state index contributed by atoms with van der Waals surface area (Å²) in [5, 5.41) is 7.25. The van der Waals surface area contributed by atoms with E-state index in [0.29, 0.717) is 16.7 Å². The number of hydrogen-bond acceptors (Lipinski definition) is 9. The van der Waals surface area contributed by atoms with E-state index in [9.17, 15) is 28.8 Å². The summed E-state index contributed by atoms with van der Waals surface area (Å²) in [4.78, 5) is 78.0. The Morgan fingerprint density at radius 1 is 0.467 bits per heavy atom. The van der Waals surface area contributed by atoms with Gasteiger partial charge in [0.2, 0.25) is 17.7 Å². The molecule has 12 nitrogen and oxygen atoms in total. The number of nitrogens with one attached hydrogen (secondary N) is 3. The van der Waals surface area contributed by atoms with Crippen molar-refractivity contribution in [2.45, 2.75) is 57.2 Å². The smallest absolute Gasteiger partial charge is 0.329 e. The van der Waals surface area contributed by atoms with Crippen molar-refractivity contribution in [1.82, 2.24) is 16.0 Å². The molecule has 3 atom stereocenters. The molecule has 0 spiro atoms. The van der Waals surface area contributed by atoms with E-state index in [4.69, 9.17) is 14.2 Å². The van der Waals surface area contributed by atoms with Crippen molar-refractivity contribution >= 4 is 35.6 Å². The molecule has 0 aliphatic carbocycles. The van der Waals surface area contributed by atoms with Crippen molar-refractivity contribution in [3.63, 3.8) is 0 Å². The van der Waals surface area contributed by atoms with Crippen molar-refractivity contribution in [1.29, 1.82) is 0 Å². The molecule has 234 valence electrons. The van der Waals surface area contributed by atoms with E-state index in [1.54, 1.807) is 91.0 Å². The summed E-state index contributed by atoms with van der Waals surface area (Å²) in [5.74, 6) is -5.16. The van der Waals surface area contributed by atoms with Gasteiger partial charge in [-0.05, 0) is 16.7 Å². The average Bonchev–Trinajstić information content (AvgIpc) is 3.05. The van der Waals surface area contributed by atoms with E-state index in [0.717, 1.165) is 0 Å². The van der Waals surface area contributed by atoms with Crippen LogP contribution in [-0.2, 0) is 62.8 Å². The number of hydrogen-bond donors (Lipinski definition) is 3. The molecule has 3 aromatic rings.